The molecule has 2 aromatic carbocycles. The van der Waals surface area contributed by atoms with Crippen LogP contribution in [0.5, 0.6) is 0 Å². The molecule has 8 nitrogen and oxygen atoms in total. The predicted octanol–water partition coefficient (Wildman–Crippen LogP) is 1.85. The van der Waals surface area contributed by atoms with E-state index >= 15 is 0 Å². The van der Waals surface area contributed by atoms with Gasteiger partial charge in [0.25, 0.3) is 5.56 Å². The molecule has 0 saturated carbocycles. The third kappa shape index (κ3) is 3.52. The fourth-order valence-corrected chi connectivity index (χ4v) is 3.49. The van der Waals surface area contributed by atoms with Crippen molar-refractivity contribution in [1.29, 1.82) is 0 Å². The van der Waals surface area contributed by atoms with Crippen molar-refractivity contribution in [3.8, 4) is 0 Å². The number of amides is 1. The molecule has 30 heavy (non-hydrogen) atoms. The molecule has 0 radical (unpaired) electrons. The summed E-state index contributed by atoms with van der Waals surface area (Å²) < 4.78 is 4.00. The highest BCUT2D eigenvalue weighted by atomic mass is 16.2. The zero-order valence-corrected chi connectivity index (χ0v) is 17.0. The van der Waals surface area contributed by atoms with E-state index in [4.69, 9.17) is 0 Å². The molecule has 2 heterocycles. The van der Waals surface area contributed by atoms with Gasteiger partial charge in [-0.05, 0) is 31.0 Å². The van der Waals surface area contributed by atoms with Gasteiger partial charge >= 0.3 is 5.69 Å². The lowest BCUT2D eigenvalue weighted by Crippen LogP contribution is -2.32. The highest BCUT2D eigenvalue weighted by Gasteiger charge is 2.18. The van der Waals surface area contributed by atoms with Gasteiger partial charge in [-0.1, -0.05) is 48.9 Å². The van der Waals surface area contributed by atoms with E-state index in [1.807, 2.05) is 38.1 Å². The van der Waals surface area contributed by atoms with Crippen LogP contribution in [0.3, 0.4) is 0 Å². The van der Waals surface area contributed by atoms with Crippen molar-refractivity contribution < 1.29 is 4.79 Å². The predicted molar refractivity (Wildman–Crippen MR) is 115 cm³/mol. The van der Waals surface area contributed by atoms with Gasteiger partial charge in [-0.15, -0.1) is 5.10 Å². The molecule has 0 atom stereocenters. The number of benzene rings is 2. The Labute approximate surface area is 172 Å². The summed E-state index contributed by atoms with van der Waals surface area (Å²) in [7, 11) is 0. The lowest BCUT2D eigenvalue weighted by Gasteiger charge is -2.07. The van der Waals surface area contributed by atoms with Gasteiger partial charge in [0.1, 0.15) is 6.54 Å². The third-order valence-electron chi connectivity index (χ3n) is 5.04. The number of para-hydroxylation sites is 1. The van der Waals surface area contributed by atoms with Crippen molar-refractivity contribution in [2.75, 3.05) is 0 Å². The lowest BCUT2D eigenvalue weighted by molar-refractivity contribution is -0.122. The molecular formula is C22H23N5O3. The van der Waals surface area contributed by atoms with E-state index in [9.17, 15) is 14.4 Å². The van der Waals surface area contributed by atoms with Gasteiger partial charge < -0.3 is 5.32 Å². The van der Waals surface area contributed by atoms with Crippen LogP contribution in [0.4, 0.5) is 0 Å². The van der Waals surface area contributed by atoms with Crippen LogP contribution in [-0.4, -0.2) is 24.7 Å². The highest BCUT2D eigenvalue weighted by Crippen LogP contribution is 2.11. The van der Waals surface area contributed by atoms with Crippen molar-refractivity contribution in [2.45, 2.75) is 39.9 Å². The molecule has 4 aromatic rings. The first-order chi connectivity index (χ1) is 14.5. The monoisotopic (exact) mass is 405 g/mol. The molecular weight excluding hydrogens is 382 g/mol. The van der Waals surface area contributed by atoms with E-state index < -0.39 is 5.69 Å². The summed E-state index contributed by atoms with van der Waals surface area (Å²) in [5.41, 5.74) is 1.96. The molecule has 154 valence electrons. The van der Waals surface area contributed by atoms with Gasteiger partial charge in [0, 0.05) is 13.1 Å². The second kappa shape index (κ2) is 7.98. The lowest BCUT2D eigenvalue weighted by atomic mass is 10.1. The Bertz CT molecular complexity index is 1350. The van der Waals surface area contributed by atoms with Crippen LogP contribution in [-0.2, 0) is 24.4 Å². The number of aryl methyl sites for hydroxylation is 2. The fraction of sp³-hybridized carbons (Fsp3) is 0.273. The quantitative estimate of drug-likeness (QED) is 0.530. The smallest absolute Gasteiger partial charge is 0.350 e. The molecule has 0 unspecified atom stereocenters. The van der Waals surface area contributed by atoms with Crippen molar-refractivity contribution in [3.63, 3.8) is 0 Å². The molecule has 2 aromatic heterocycles. The summed E-state index contributed by atoms with van der Waals surface area (Å²) >= 11 is 0. The molecule has 0 spiro atoms. The number of hydrogen-bond donors (Lipinski definition) is 1. The van der Waals surface area contributed by atoms with Gasteiger partial charge in [0.15, 0.2) is 0 Å². The first-order valence-corrected chi connectivity index (χ1v) is 9.93. The van der Waals surface area contributed by atoms with Crippen LogP contribution in [0.2, 0.25) is 0 Å². The first kappa shape index (κ1) is 19.6. The fourth-order valence-electron chi connectivity index (χ4n) is 3.49. The molecule has 0 saturated heterocycles. The van der Waals surface area contributed by atoms with Gasteiger partial charge in [-0.2, -0.15) is 0 Å². The molecule has 0 bridgehead atoms. The van der Waals surface area contributed by atoms with E-state index in [1.54, 1.807) is 24.3 Å². The Morgan fingerprint density at radius 1 is 1.07 bits per heavy atom. The molecule has 0 aliphatic heterocycles. The summed E-state index contributed by atoms with van der Waals surface area (Å²) in [4.78, 5) is 38.3. The van der Waals surface area contributed by atoms with Crippen LogP contribution in [0.1, 0.15) is 24.5 Å². The average molecular weight is 405 g/mol. The first-order valence-electron chi connectivity index (χ1n) is 9.93. The normalized spacial score (nSPS) is 11.3. The molecule has 1 N–H and O–H groups in total. The zero-order valence-electron chi connectivity index (χ0n) is 17.0. The number of hydrogen-bond acceptors (Lipinski definition) is 4. The number of carbonyl (C=O) groups is 1. The van der Waals surface area contributed by atoms with Gasteiger partial charge in [-0.3, -0.25) is 14.2 Å². The van der Waals surface area contributed by atoms with Crippen LogP contribution in [0, 0.1) is 6.92 Å². The second-order valence-corrected chi connectivity index (χ2v) is 7.31. The minimum atomic E-state index is -0.448. The number of carbonyl (C=O) groups excluding carboxylic acids is 1. The number of nitrogens with one attached hydrogen (secondary N) is 1. The Morgan fingerprint density at radius 2 is 1.80 bits per heavy atom. The Kier molecular flexibility index (Phi) is 5.22. The Balaban J connectivity index is 1.69. The molecule has 8 heteroatoms. The average Bonchev–Trinajstić information content (AvgIpc) is 3.06. The maximum Gasteiger partial charge on any atom is 0.352 e. The summed E-state index contributed by atoms with van der Waals surface area (Å²) in [6.07, 6.45) is 0.714. The molecule has 0 fully saturated rings. The second-order valence-electron chi connectivity index (χ2n) is 7.31. The minimum absolute atomic E-state index is 0.194. The van der Waals surface area contributed by atoms with Crippen molar-refractivity contribution in [1.82, 2.24) is 24.1 Å². The van der Waals surface area contributed by atoms with Crippen molar-refractivity contribution in [2.24, 2.45) is 0 Å². The number of aromatic nitrogens is 4. The topological polar surface area (TPSA) is 90.4 Å². The summed E-state index contributed by atoms with van der Waals surface area (Å²) in [6, 6.07) is 14.8. The Morgan fingerprint density at radius 3 is 2.53 bits per heavy atom. The molecule has 0 aliphatic carbocycles. The van der Waals surface area contributed by atoms with Gasteiger partial charge in [-0.25, -0.2) is 13.9 Å². The molecule has 4 rings (SSSR count). The van der Waals surface area contributed by atoms with Gasteiger partial charge in [0.2, 0.25) is 11.7 Å². The van der Waals surface area contributed by atoms with E-state index in [0.717, 1.165) is 15.8 Å². The standard InChI is InChI=1S/C22H23N5O3/c1-3-12-25-20(29)17-6-4-5-7-18(17)27-21(25)24-26(22(27)30)14-19(28)23-13-16-10-8-15(2)9-11-16/h4-11H,3,12-14H2,1-2H3,(H,23,28). The maximum atomic E-state index is 13.0. The van der Waals surface area contributed by atoms with E-state index in [-0.39, 0.29) is 23.8 Å². The van der Waals surface area contributed by atoms with Crippen molar-refractivity contribution in [3.05, 3.63) is 80.5 Å². The van der Waals surface area contributed by atoms with Crippen LogP contribution < -0.4 is 16.6 Å². The number of fused-ring (bicyclic) bond motifs is 3. The van der Waals surface area contributed by atoms with Crippen LogP contribution >= 0.6 is 0 Å². The van der Waals surface area contributed by atoms with E-state index in [0.29, 0.717) is 30.4 Å². The van der Waals surface area contributed by atoms with Gasteiger partial charge in [0.05, 0.1) is 10.9 Å². The summed E-state index contributed by atoms with van der Waals surface area (Å²) in [5.74, 6) is -0.0772. The van der Waals surface area contributed by atoms with Crippen LogP contribution in [0.15, 0.2) is 58.1 Å². The number of rotatable bonds is 6. The largest absolute Gasteiger partial charge is 0.352 e. The van der Waals surface area contributed by atoms with Crippen LogP contribution in [0.25, 0.3) is 16.7 Å². The summed E-state index contributed by atoms with van der Waals surface area (Å²) in [5, 5.41) is 7.58. The SMILES string of the molecule is CCCn1c(=O)c2ccccc2n2c(=O)n(CC(=O)NCc3ccc(C)cc3)nc12. The number of nitrogens with zero attached hydrogens (tertiary/aromatic N) is 4. The molecule has 1 amide bonds. The third-order valence-corrected chi connectivity index (χ3v) is 5.04. The summed E-state index contributed by atoms with van der Waals surface area (Å²) in [6.45, 7) is 4.53. The van der Waals surface area contributed by atoms with E-state index in [1.165, 1.54) is 8.97 Å². The molecule has 0 aliphatic rings. The Hall–Kier alpha value is -3.68. The maximum absolute atomic E-state index is 13.0. The van der Waals surface area contributed by atoms with E-state index in [2.05, 4.69) is 10.4 Å². The van der Waals surface area contributed by atoms with Crippen molar-refractivity contribution >= 4 is 22.6 Å². The highest BCUT2D eigenvalue weighted by molar-refractivity contribution is 5.80. The minimum Gasteiger partial charge on any atom is -0.350 e. The zero-order chi connectivity index (χ0) is 21.3.